The number of benzene rings is 1. The highest BCUT2D eigenvalue weighted by atomic mass is 16.6. The number of likely N-dealkylation sites (tertiary alicyclic amines) is 1. The lowest BCUT2D eigenvalue weighted by Gasteiger charge is -2.30. The summed E-state index contributed by atoms with van der Waals surface area (Å²) in [7, 11) is 0. The van der Waals surface area contributed by atoms with E-state index in [4.69, 9.17) is 4.74 Å². The number of hydrogen-bond acceptors (Lipinski definition) is 3. The second kappa shape index (κ2) is 6.91. The topological polar surface area (TPSA) is 49.8 Å². The van der Waals surface area contributed by atoms with Gasteiger partial charge in [0.2, 0.25) is 0 Å². The number of nitrogens with zero attached hydrogens (tertiary/aromatic N) is 1. The number of aryl methyl sites for hydroxylation is 2. The van der Waals surface area contributed by atoms with Gasteiger partial charge in [-0.3, -0.25) is 0 Å². The molecule has 1 aliphatic rings. The molecule has 1 aromatic rings. The van der Waals surface area contributed by atoms with Crippen LogP contribution in [0.25, 0.3) is 0 Å². The van der Waals surface area contributed by atoms with Gasteiger partial charge in [0.1, 0.15) is 5.60 Å². The van der Waals surface area contributed by atoms with E-state index in [-0.39, 0.29) is 12.1 Å². The van der Waals surface area contributed by atoms with Crippen molar-refractivity contribution in [3.63, 3.8) is 0 Å². The quantitative estimate of drug-likeness (QED) is 0.911. The molecule has 23 heavy (non-hydrogen) atoms. The van der Waals surface area contributed by atoms with Crippen LogP contribution >= 0.6 is 0 Å². The molecule has 1 heterocycles. The van der Waals surface area contributed by atoms with E-state index in [2.05, 4.69) is 0 Å². The SMILES string of the molecule is Cc1ccc(C)c(C(O)CC2CCCN2C(=O)OC(C)(C)C)c1. The molecule has 4 nitrogen and oxygen atoms in total. The fourth-order valence-electron chi connectivity index (χ4n) is 3.15. The van der Waals surface area contributed by atoms with E-state index < -0.39 is 11.7 Å². The minimum absolute atomic E-state index is 0.0414. The smallest absolute Gasteiger partial charge is 0.410 e. The Morgan fingerprint density at radius 2 is 2.09 bits per heavy atom. The molecule has 1 N–H and O–H groups in total. The Hall–Kier alpha value is -1.55. The monoisotopic (exact) mass is 319 g/mol. The molecule has 0 bridgehead atoms. The van der Waals surface area contributed by atoms with Crippen LogP contribution in [0.1, 0.15) is 62.8 Å². The third-order valence-corrected chi connectivity index (χ3v) is 4.29. The molecule has 0 saturated carbocycles. The van der Waals surface area contributed by atoms with Gasteiger partial charge in [-0.2, -0.15) is 0 Å². The van der Waals surface area contributed by atoms with Gasteiger partial charge in [-0.25, -0.2) is 4.79 Å². The molecule has 1 saturated heterocycles. The molecule has 2 rings (SSSR count). The molecule has 4 heteroatoms. The predicted molar refractivity (Wildman–Crippen MR) is 91.5 cm³/mol. The van der Waals surface area contributed by atoms with Crippen LogP contribution < -0.4 is 0 Å². The molecule has 0 spiro atoms. The van der Waals surface area contributed by atoms with E-state index in [1.54, 1.807) is 4.90 Å². The number of aliphatic hydroxyl groups is 1. The van der Waals surface area contributed by atoms with Crippen molar-refractivity contribution in [3.8, 4) is 0 Å². The summed E-state index contributed by atoms with van der Waals surface area (Å²) < 4.78 is 5.49. The van der Waals surface area contributed by atoms with Gasteiger partial charge < -0.3 is 14.7 Å². The molecular formula is C19H29NO3. The van der Waals surface area contributed by atoms with Crippen molar-refractivity contribution in [1.82, 2.24) is 4.90 Å². The summed E-state index contributed by atoms with van der Waals surface area (Å²) in [6.07, 6.45) is 1.62. The number of carbonyl (C=O) groups is 1. The first kappa shape index (κ1) is 17.8. The average Bonchev–Trinajstić information content (AvgIpc) is 2.87. The van der Waals surface area contributed by atoms with Crippen LogP contribution in [-0.4, -0.2) is 34.3 Å². The summed E-state index contributed by atoms with van der Waals surface area (Å²) in [6.45, 7) is 10.4. The van der Waals surface area contributed by atoms with E-state index in [1.807, 2.05) is 52.8 Å². The predicted octanol–water partition coefficient (Wildman–Crippen LogP) is 4.13. The first-order chi connectivity index (χ1) is 10.7. The van der Waals surface area contributed by atoms with E-state index in [1.165, 1.54) is 0 Å². The standard InChI is InChI=1S/C19H29NO3/c1-13-8-9-14(2)16(11-13)17(21)12-15-7-6-10-20(15)18(22)23-19(3,4)5/h8-9,11,15,17,21H,6-7,10,12H2,1-5H3. The van der Waals surface area contributed by atoms with Crippen LogP contribution in [0, 0.1) is 13.8 Å². The number of ether oxygens (including phenoxy) is 1. The molecule has 2 unspecified atom stereocenters. The highest BCUT2D eigenvalue weighted by Gasteiger charge is 2.33. The Kier molecular flexibility index (Phi) is 5.35. The number of aliphatic hydroxyl groups excluding tert-OH is 1. The molecule has 1 amide bonds. The van der Waals surface area contributed by atoms with Crippen LogP contribution in [0.15, 0.2) is 18.2 Å². The highest BCUT2D eigenvalue weighted by Crippen LogP contribution is 2.30. The van der Waals surface area contributed by atoms with Gasteiger partial charge >= 0.3 is 6.09 Å². The van der Waals surface area contributed by atoms with E-state index >= 15 is 0 Å². The zero-order chi connectivity index (χ0) is 17.2. The molecule has 1 fully saturated rings. The molecule has 0 aliphatic carbocycles. The highest BCUT2D eigenvalue weighted by molar-refractivity contribution is 5.69. The van der Waals surface area contributed by atoms with Crippen molar-refractivity contribution < 1.29 is 14.6 Å². The van der Waals surface area contributed by atoms with Gasteiger partial charge in [0.15, 0.2) is 0 Å². The largest absolute Gasteiger partial charge is 0.444 e. The summed E-state index contributed by atoms with van der Waals surface area (Å²) in [4.78, 5) is 14.1. The normalized spacial score (nSPS) is 19.7. The average molecular weight is 319 g/mol. The van der Waals surface area contributed by atoms with Crippen molar-refractivity contribution in [2.45, 2.75) is 71.6 Å². The minimum atomic E-state index is -0.553. The van der Waals surface area contributed by atoms with Gasteiger partial charge in [0.25, 0.3) is 0 Å². The fourth-order valence-corrected chi connectivity index (χ4v) is 3.15. The maximum atomic E-state index is 12.3. The Balaban J connectivity index is 2.06. The zero-order valence-corrected chi connectivity index (χ0v) is 14.9. The summed E-state index contributed by atoms with van der Waals surface area (Å²) in [6, 6.07) is 6.16. The third kappa shape index (κ3) is 4.71. The summed E-state index contributed by atoms with van der Waals surface area (Å²) in [5.41, 5.74) is 2.70. The van der Waals surface area contributed by atoms with Crippen molar-refractivity contribution >= 4 is 6.09 Å². The number of carbonyl (C=O) groups excluding carboxylic acids is 1. The summed E-state index contributed by atoms with van der Waals surface area (Å²) in [5, 5.41) is 10.6. The van der Waals surface area contributed by atoms with E-state index in [0.717, 1.165) is 29.5 Å². The van der Waals surface area contributed by atoms with Crippen LogP contribution in [0.2, 0.25) is 0 Å². The lowest BCUT2D eigenvalue weighted by Crippen LogP contribution is -2.40. The number of rotatable bonds is 3. The lowest BCUT2D eigenvalue weighted by atomic mass is 9.95. The molecular weight excluding hydrogens is 290 g/mol. The van der Waals surface area contributed by atoms with Crippen LogP contribution in [0.3, 0.4) is 0 Å². The van der Waals surface area contributed by atoms with Gasteiger partial charge in [-0.15, -0.1) is 0 Å². The van der Waals surface area contributed by atoms with Crippen LogP contribution in [0.4, 0.5) is 4.79 Å². The lowest BCUT2D eigenvalue weighted by molar-refractivity contribution is 0.0178. The summed E-state index contributed by atoms with van der Waals surface area (Å²) >= 11 is 0. The third-order valence-electron chi connectivity index (χ3n) is 4.29. The van der Waals surface area contributed by atoms with Gasteiger partial charge in [-0.05, 0) is 65.0 Å². The fraction of sp³-hybridized carbons (Fsp3) is 0.632. The zero-order valence-electron chi connectivity index (χ0n) is 14.9. The molecule has 2 atom stereocenters. The second-order valence-corrected chi connectivity index (χ2v) is 7.58. The summed E-state index contributed by atoms with van der Waals surface area (Å²) in [5.74, 6) is 0. The molecule has 128 valence electrons. The van der Waals surface area contributed by atoms with E-state index in [0.29, 0.717) is 13.0 Å². The Morgan fingerprint density at radius 3 is 2.74 bits per heavy atom. The van der Waals surface area contributed by atoms with Crippen molar-refractivity contribution in [2.24, 2.45) is 0 Å². The minimum Gasteiger partial charge on any atom is -0.444 e. The van der Waals surface area contributed by atoms with Gasteiger partial charge in [0.05, 0.1) is 6.10 Å². The molecule has 0 radical (unpaired) electrons. The second-order valence-electron chi connectivity index (χ2n) is 7.58. The Morgan fingerprint density at radius 1 is 1.39 bits per heavy atom. The van der Waals surface area contributed by atoms with Crippen LogP contribution in [-0.2, 0) is 4.74 Å². The van der Waals surface area contributed by atoms with Crippen LogP contribution in [0.5, 0.6) is 0 Å². The van der Waals surface area contributed by atoms with Crippen molar-refractivity contribution in [2.75, 3.05) is 6.54 Å². The van der Waals surface area contributed by atoms with Gasteiger partial charge in [-0.1, -0.05) is 23.8 Å². The van der Waals surface area contributed by atoms with Crippen molar-refractivity contribution in [1.29, 1.82) is 0 Å². The molecule has 1 aliphatic heterocycles. The van der Waals surface area contributed by atoms with Gasteiger partial charge in [0, 0.05) is 12.6 Å². The first-order valence-electron chi connectivity index (χ1n) is 8.42. The van der Waals surface area contributed by atoms with Crippen molar-refractivity contribution in [3.05, 3.63) is 34.9 Å². The first-order valence-corrected chi connectivity index (χ1v) is 8.42. The number of amides is 1. The Labute approximate surface area is 139 Å². The van der Waals surface area contributed by atoms with E-state index in [9.17, 15) is 9.90 Å². The molecule has 1 aromatic carbocycles. The molecule has 0 aromatic heterocycles. The maximum Gasteiger partial charge on any atom is 0.410 e. The Bertz CT molecular complexity index is 562. The maximum absolute atomic E-state index is 12.3. The number of hydrogen-bond donors (Lipinski definition) is 1.